The van der Waals surface area contributed by atoms with Gasteiger partial charge in [0.2, 0.25) is 5.28 Å². The van der Waals surface area contributed by atoms with Crippen LogP contribution in [0.2, 0.25) is 5.28 Å². The number of morpholine rings is 1. The summed E-state index contributed by atoms with van der Waals surface area (Å²) in [6.45, 7) is 7.45. The van der Waals surface area contributed by atoms with E-state index in [1.807, 2.05) is 0 Å². The Morgan fingerprint density at radius 3 is 2.52 bits per heavy atom. The van der Waals surface area contributed by atoms with Crippen LogP contribution in [-0.2, 0) is 20.8 Å². The zero-order valence-corrected chi connectivity index (χ0v) is 16.7. The SMILES string of the molecule is Clc1nc(N2CCOCC2)c2sc(CN3CCC4(CC3)OCCO4)cc2n1. The molecule has 3 fully saturated rings. The summed E-state index contributed by atoms with van der Waals surface area (Å²) >= 11 is 7.97. The Kier molecular flexibility index (Phi) is 4.95. The van der Waals surface area contributed by atoms with E-state index in [9.17, 15) is 0 Å². The molecule has 0 aromatic carbocycles. The van der Waals surface area contributed by atoms with Crippen molar-refractivity contribution in [2.75, 3.05) is 57.5 Å². The third kappa shape index (κ3) is 3.66. The topological polar surface area (TPSA) is 60.0 Å². The van der Waals surface area contributed by atoms with Crippen LogP contribution >= 0.6 is 22.9 Å². The third-order valence-electron chi connectivity index (χ3n) is 5.50. The van der Waals surface area contributed by atoms with Crippen LogP contribution in [0.25, 0.3) is 10.2 Å². The molecule has 27 heavy (non-hydrogen) atoms. The first-order valence-corrected chi connectivity index (χ1v) is 10.7. The minimum absolute atomic E-state index is 0.309. The number of anilines is 1. The molecular weight excluding hydrogens is 388 g/mol. The molecule has 0 radical (unpaired) electrons. The fourth-order valence-corrected chi connectivity index (χ4v) is 5.39. The molecule has 7 nitrogen and oxygen atoms in total. The lowest BCUT2D eigenvalue weighted by atomic mass is 10.0. The Labute approximate surface area is 167 Å². The second-order valence-electron chi connectivity index (χ2n) is 7.23. The molecule has 0 atom stereocenters. The smallest absolute Gasteiger partial charge is 0.224 e. The van der Waals surface area contributed by atoms with Crippen molar-refractivity contribution < 1.29 is 14.2 Å². The molecule has 3 saturated heterocycles. The van der Waals surface area contributed by atoms with E-state index in [2.05, 4.69) is 25.8 Å². The zero-order chi connectivity index (χ0) is 18.3. The maximum absolute atomic E-state index is 6.20. The Balaban J connectivity index is 1.34. The van der Waals surface area contributed by atoms with E-state index < -0.39 is 0 Å². The molecule has 1 spiro atoms. The molecule has 3 aliphatic heterocycles. The predicted molar refractivity (Wildman–Crippen MR) is 105 cm³/mol. The minimum Gasteiger partial charge on any atom is -0.378 e. The number of rotatable bonds is 3. The number of likely N-dealkylation sites (tertiary alicyclic amines) is 1. The molecule has 0 bridgehead atoms. The second kappa shape index (κ2) is 7.42. The Morgan fingerprint density at radius 1 is 1.04 bits per heavy atom. The van der Waals surface area contributed by atoms with Crippen LogP contribution in [0.4, 0.5) is 5.82 Å². The molecule has 3 aliphatic rings. The van der Waals surface area contributed by atoms with Crippen LogP contribution in [0.15, 0.2) is 6.07 Å². The average molecular weight is 411 g/mol. The van der Waals surface area contributed by atoms with Crippen molar-refractivity contribution in [1.82, 2.24) is 14.9 Å². The lowest BCUT2D eigenvalue weighted by molar-refractivity contribution is -0.185. The molecule has 0 saturated carbocycles. The quantitative estimate of drug-likeness (QED) is 0.720. The van der Waals surface area contributed by atoms with Gasteiger partial charge in [-0.05, 0) is 17.7 Å². The summed E-state index contributed by atoms with van der Waals surface area (Å²) in [6, 6.07) is 2.16. The van der Waals surface area contributed by atoms with Crippen molar-refractivity contribution in [3.05, 3.63) is 16.2 Å². The van der Waals surface area contributed by atoms with E-state index in [0.29, 0.717) is 5.28 Å². The van der Waals surface area contributed by atoms with Crippen molar-refractivity contribution in [3.63, 3.8) is 0 Å². The molecule has 2 aromatic heterocycles. The lowest BCUT2D eigenvalue weighted by Gasteiger charge is -2.37. The maximum Gasteiger partial charge on any atom is 0.224 e. The molecular formula is C18H23ClN4O3S. The number of nitrogens with zero attached hydrogens (tertiary/aromatic N) is 4. The van der Waals surface area contributed by atoms with Crippen molar-refractivity contribution in [3.8, 4) is 0 Å². The van der Waals surface area contributed by atoms with E-state index in [4.69, 9.17) is 25.8 Å². The summed E-state index contributed by atoms with van der Waals surface area (Å²) in [5.74, 6) is 0.619. The van der Waals surface area contributed by atoms with Gasteiger partial charge >= 0.3 is 0 Å². The minimum atomic E-state index is -0.320. The first kappa shape index (κ1) is 18.0. The van der Waals surface area contributed by atoms with Gasteiger partial charge in [-0.25, -0.2) is 4.98 Å². The summed E-state index contributed by atoms with van der Waals surface area (Å²) in [5, 5.41) is 0.309. The molecule has 5 heterocycles. The number of fused-ring (bicyclic) bond motifs is 1. The van der Waals surface area contributed by atoms with Gasteiger partial charge in [0.1, 0.15) is 0 Å². The van der Waals surface area contributed by atoms with Crippen LogP contribution in [0.5, 0.6) is 0 Å². The largest absolute Gasteiger partial charge is 0.378 e. The molecule has 0 unspecified atom stereocenters. The number of aromatic nitrogens is 2. The highest BCUT2D eigenvalue weighted by atomic mass is 35.5. The molecule has 9 heteroatoms. The van der Waals surface area contributed by atoms with Crippen LogP contribution in [0.1, 0.15) is 17.7 Å². The summed E-state index contributed by atoms with van der Waals surface area (Å²) in [4.78, 5) is 15.0. The molecule has 0 amide bonds. The highest BCUT2D eigenvalue weighted by Gasteiger charge is 2.39. The molecule has 2 aromatic rings. The first-order valence-electron chi connectivity index (χ1n) is 9.50. The van der Waals surface area contributed by atoms with Gasteiger partial charge < -0.3 is 19.1 Å². The van der Waals surface area contributed by atoms with E-state index >= 15 is 0 Å². The van der Waals surface area contributed by atoms with E-state index in [1.165, 1.54) is 4.88 Å². The van der Waals surface area contributed by atoms with Gasteiger partial charge in [0.15, 0.2) is 11.6 Å². The third-order valence-corrected chi connectivity index (χ3v) is 6.77. The first-order chi connectivity index (χ1) is 13.2. The number of hydrogen-bond donors (Lipinski definition) is 0. The molecule has 146 valence electrons. The highest BCUT2D eigenvalue weighted by molar-refractivity contribution is 7.19. The van der Waals surface area contributed by atoms with Gasteiger partial charge in [-0.1, -0.05) is 0 Å². The maximum atomic E-state index is 6.20. The second-order valence-corrected chi connectivity index (χ2v) is 8.70. The Bertz CT molecular complexity index is 810. The molecule has 5 rings (SSSR count). The summed E-state index contributed by atoms with van der Waals surface area (Å²) in [7, 11) is 0. The normalized spacial score (nSPS) is 23.5. The number of ether oxygens (including phenoxy) is 3. The monoisotopic (exact) mass is 410 g/mol. The van der Waals surface area contributed by atoms with Gasteiger partial charge in [0, 0.05) is 50.4 Å². The number of piperidine rings is 1. The van der Waals surface area contributed by atoms with Crippen molar-refractivity contribution in [1.29, 1.82) is 0 Å². The Morgan fingerprint density at radius 2 is 1.78 bits per heavy atom. The summed E-state index contributed by atoms with van der Waals surface area (Å²) < 4.78 is 18.2. The van der Waals surface area contributed by atoms with Gasteiger partial charge in [0.25, 0.3) is 0 Å². The summed E-state index contributed by atoms with van der Waals surface area (Å²) in [6.07, 6.45) is 1.87. The number of halogens is 1. The fraction of sp³-hybridized carbons (Fsp3) is 0.667. The van der Waals surface area contributed by atoms with Crippen LogP contribution in [0, 0.1) is 0 Å². The van der Waals surface area contributed by atoms with Crippen molar-refractivity contribution >= 4 is 39.0 Å². The fourth-order valence-electron chi connectivity index (χ4n) is 4.06. The average Bonchev–Trinajstić information content (AvgIpc) is 3.30. The molecule has 0 aliphatic carbocycles. The standard InChI is InChI=1S/C18H23ClN4O3S/c19-17-20-14-11-13(12-22-3-1-18(2-4-22)25-9-10-26-18)27-15(14)16(21-17)23-5-7-24-8-6-23/h11H,1-10,12H2. The van der Waals surface area contributed by atoms with Crippen LogP contribution in [-0.4, -0.2) is 73.3 Å². The molecule has 0 N–H and O–H groups in total. The predicted octanol–water partition coefficient (Wildman–Crippen LogP) is 2.52. The van der Waals surface area contributed by atoms with Gasteiger partial charge in [0.05, 0.1) is 36.6 Å². The summed E-state index contributed by atoms with van der Waals surface area (Å²) in [5.41, 5.74) is 0.937. The van der Waals surface area contributed by atoms with Crippen molar-refractivity contribution in [2.24, 2.45) is 0 Å². The van der Waals surface area contributed by atoms with Crippen LogP contribution in [0.3, 0.4) is 0 Å². The van der Waals surface area contributed by atoms with Gasteiger partial charge in [-0.3, -0.25) is 4.90 Å². The van der Waals surface area contributed by atoms with E-state index in [1.54, 1.807) is 11.3 Å². The van der Waals surface area contributed by atoms with Gasteiger partial charge in [-0.15, -0.1) is 11.3 Å². The van der Waals surface area contributed by atoms with Crippen molar-refractivity contribution in [2.45, 2.75) is 25.2 Å². The Hall–Kier alpha value is -1.03. The van der Waals surface area contributed by atoms with Crippen LogP contribution < -0.4 is 4.90 Å². The number of hydrogen-bond acceptors (Lipinski definition) is 8. The van der Waals surface area contributed by atoms with Gasteiger partial charge in [-0.2, -0.15) is 4.98 Å². The lowest BCUT2D eigenvalue weighted by Crippen LogP contribution is -2.44. The van der Waals surface area contributed by atoms with E-state index in [0.717, 1.165) is 88.0 Å². The van der Waals surface area contributed by atoms with E-state index in [-0.39, 0.29) is 5.79 Å². The highest BCUT2D eigenvalue weighted by Crippen LogP contribution is 2.36. The number of thiophene rings is 1. The zero-order valence-electron chi connectivity index (χ0n) is 15.2.